The highest BCUT2D eigenvalue weighted by atomic mass is 15.3. The number of nitrogens with two attached hydrogens (primary N) is 1. The first kappa shape index (κ1) is 9.85. The Morgan fingerprint density at radius 1 is 1.53 bits per heavy atom. The zero-order valence-electron chi connectivity index (χ0n) is 8.81. The second-order valence-electron chi connectivity index (χ2n) is 3.50. The minimum absolute atomic E-state index is 0.167. The van der Waals surface area contributed by atoms with Gasteiger partial charge >= 0.3 is 0 Å². The van der Waals surface area contributed by atoms with Crippen molar-refractivity contribution in [2.75, 3.05) is 11.9 Å². The van der Waals surface area contributed by atoms with Crippen molar-refractivity contribution in [2.45, 2.75) is 19.9 Å². The lowest BCUT2D eigenvalue weighted by molar-refractivity contribution is 0.797. The number of nitrogens with zero attached hydrogens (tertiary/aromatic N) is 4. The molecule has 0 radical (unpaired) electrons. The van der Waals surface area contributed by atoms with E-state index in [9.17, 15) is 0 Å². The van der Waals surface area contributed by atoms with E-state index in [-0.39, 0.29) is 6.04 Å². The van der Waals surface area contributed by atoms with Crippen LogP contribution >= 0.6 is 0 Å². The molecule has 0 fully saturated rings. The maximum atomic E-state index is 5.54. The molecular weight excluding hydrogens is 192 g/mol. The number of rotatable bonds is 3. The van der Waals surface area contributed by atoms with Crippen LogP contribution in [0.2, 0.25) is 0 Å². The summed E-state index contributed by atoms with van der Waals surface area (Å²) in [5, 5.41) is 11.2. The van der Waals surface area contributed by atoms with Crippen molar-refractivity contribution in [3.05, 3.63) is 18.2 Å². The normalized spacial score (nSPS) is 13.0. The Labute approximate surface area is 87.5 Å². The van der Waals surface area contributed by atoms with E-state index in [1.165, 1.54) is 0 Å². The van der Waals surface area contributed by atoms with Gasteiger partial charge in [0.05, 0.1) is 0 Å². The Bertz CT molecular complexity index is 463. The highest BCUT2D eigenvalue weighted by Crippen LogP contribution is 2.12. The van der Waals surface area contributed by atoms with Crippen LogP contribution in [-0.2, 0) is 0 Å². The maximum absolute atomic E-state index is 5.54. The van der Waals surface area contributed by atoms with E-state index < -0.39 is 0 Å². The van der Waals surface area contributed by atoms with Crippen molar-refractivity contribution in [2.24, 2.45) is 5.73 Å². The summed E-state index contributed by atoms with van der Waals surface area (Å²) in [5.74, 6) is 1.56. The molecule has 0 bridgehead atoms. The van der Waals surface area contributed by atoms with Gasteiger partial charge in [0.25, 0.3) is 0 Å². The number of anilines is 1. The SMILES string of the molecule is Cc1nnc2c(NC(C)CN)nccn12. The van der Waals surface area contributed by atoms with E-state index in [1.807, 2.05) is 24.4 Å². The van der Waals surface area contributed by atoms with Crippen LogP contribution in [0.5, 0.6) is 0 Å². The summed E-state index contributed by atoms with van der Waals surface area (Å²) in [7, 11) is 0. The first-order chi connectivity index (χ1) is 7.22. The van der Waals surface area contributed by atoms with Gasteiger partial charge in [-0.15, -0.1) is 10.2 Å². The smallest absolute Gasteiger partial charge is 0.203 e. The molecule has 0 aliphatic carbocycles. The monoisotopic (exact) mass is 206 g/mol. The molecule has 15 heavy (non-hydrogen) atoms. The first-order valence-electron chi connectivity index (χ1n) is 4.85. The molecule has 0 aliphatic rings. The summed E-state index contributed by atoms with van der Waals surface area (Å²) in [6.07, 6.45) is 3.55. The quantitative estimate of drug-likeness (QED) is 0.749. The Morgan fingerprint density at radius 2 is 2.33 bits per heavy atom. The standard InChI is InChI=1S/C9H14N6/c1-6(5-10)12-8-9-14-13-7(2)15(9)4-3-11-8/h3-4,6H,5,10H2,1-2H3,(H,11,12). The predicted molar refractivity (Wildman–Crippen MR) is 57.7 cm³/mol. The number of aryl methyl sites for hydroxylation is 1. The van der Waals surface area contributed by atoms with Crippen LogP contribution in [0.3, 0.4) is 0 Å². The predicted octanol–water partition coefficient (Wildman–Crippen LogP) is 0.192. The number of nitrogens with one attached hydrogen (secondary N) is 1. The van der Waals surface area contributed by atoms with Crippen LogP contribution in [0, 0.1) is 6.92 Å². The molecule has 2 rings (SSSR count). The molecule has 80 valence electrons. The van der Waals surface area contributed by atoms with Gasteiger partial charge in [0.15, 0.2) is 5.82 Å². The molecule has 6 nitrogen and oxygen atoms in total. The highest BCUT2D eigenvalue weighted by Gasteiger charge is 2.08. The molecule has 0 aliphatic heterocycles. The molecule has 0 saturated carbocycles. The van der Waals surface area contributed by atoms with Gasteiger partial charge in [-0.3, -0.25) is 4.40 Å². The lowest BCUT2D eigenvalue weighted by Gasteiger charge is -2.11. The average Bonchev–Trinajstić information content (AvgIpc) is 2.62. The number of aromatic nitrogens is 4. The third kappa shape index (κ3) is 1.75. The van der Waals surface area contributed by atoms with Crippen molar-refractivity contribution < 1.29 is 0 Å². The molecule has 6 heteroatoms. The van der Waals surface area contributed by atoms with E-state index in [2.05, 4.69) is 20.5 Å². The molecule has 0 amide bonds. The van der Waals surface area contributed by atoms with E-state index >= 15 is 0 Å². The summed E-state index contributed by atoms with van der Waals surface area (Å²) in [6.45, 7) is 4.44. The molecule has 0 spiro atoms. The van der Waals surface area contributed by atoms with Crippen molar-refractivity contribution in [1.82, 2.24) is 19.6 Å². The Hall–Kier alpha value is -1.69. The van der Waals surface area contributed by atoms with Crippen LogP contribution in [0.25, 0.3) is 5.65 Å². The van der Waals surface area contributed by atoms with E-state index in [4.69, 9.17) is 5.73 Å². The molecule has 2 heterocycles. The average molecular weight is 206 g/mol. The van der Waals surface area contributed by atoms with Crippen molar-refractivity contribution >= 4 is 11.5 Å². The summed E-state index contributed by atoms with van der Waals surface area (Å²) in [6, 6.07) is 0.167. The fourth-order valence-corrected chi connectivity index (χ4v) is 1.34. The van der Waals surface area contributed by atoms with Gasteiger partial charge in [0, 0.05) is 25.0 Å². The van der Waals surface area contributed by atoms with E-state index in [0.717, 1.165) is 17.3 Å². The number of hydrogen-bond donors (Lipinski definition) is 2. The molecule has 3 N–H and O–H groups in total. The maximum Gasteiger partial charge on any atom is 0.203 e. The van der Waals surface area contributed by atoms with Crippen molar-refractivity contribution in [1.29, 1.82) is 0 Å². The lowest BCUT2D eigenvalue weighted by Crippen LogP contribution is -2.26. The van der Waals surface area contributed by atoms with Crippen LogP contribution in [0.4, 0.5) is 5.82 Å². The largest absolute Gasteiger partial charge is 0.363 e. The summed E-state index contributed by atoms with van der Waals surface area (Å²) >= 11 is 0. The van der Waals surface area contributed by atoms with Crippen LogP contribution in [0.1, 0.15) is 12.7 Å². The van der Waals surface area contributed by atoms with Gasteiger partial charge < -0.3 is 11.1 Å². The molecule has 2 aromatic heterocycles. The molecule has 0 aromatic carbocycles. The lowest BCUT2D eigenvalue weighted by atomic mass is 10.3. The number of hydrogen-bond acceptors (Lipinski definition) is 5. The van der Waals surface area contributed by atoms with Gasteiger partial charge in [-0.05, 0) is 13.8 Å². The molecule has 1 unspecified atom stereocenters. The fourth-order valence-electron chi connectivity index (χ4n) is 1.34. The van der Waals surface area contributed by atoms with Gasteiger partial charge in [-0.25, -0.2) is 4.98 Å². The molecule has 1 atom stereocenters. The second-order valence-corrected chi connectivity index (χ2v) is 3.50. The van der Waals surface area contributed by atoms with Gasteiger partial charge in [0.1, 0.15) is 5.82 Å². The summed E-state index contributed by atoms with van der Waals surface area (Å²) in [5.41, 5.74) is 6.27. The van der Waals surface area contributed by atoms with Gasteiger partial charge in [0.2, 0.25) is 5.65 Å². The van der Waals surface area contributed by atoms with E-state index in [1.54, 1.807) is 6.20 Å². The van der Waals surface area contributed by atoms with Crippen molar-refractivity contribution in [3.63, 3.8) is 0 Å². The summed E-state index contributed by atoms with van der Waals surface area (Å²) < 4.78 is 1.89. The summed E-state index contributed by atoms with van der Waals surface area (Å²) in [4.78, 5) is 4.22. The molecule has 2 aromatic rings. The Balaban J connectivity index is 2.43. The minimum Gasteiger partial charge on any atom is -0.363 e. The fraction of sp³-hybridized carbons (Fsp3) is 0.444. The third-order valence-electron chi connectivity index (χ3n) is 2.23. The second kappa shape index (κ2) is 3.82. The van der Waals surface area contributed by atoms with Crippen molar-refractivity contribution in [3.8, 4) is 0 Å². The zero-order valence-corrected chi connectivity index (χ0v) is 8.81. The van der Waals surface area contributed by atoms with Gasteiger partial charge in [-0.2, -0.15) is 0 Å². The van der Waals surface area contributed by atoms with Crippen LogP contribution in [-0.4, -0.2) is 32.2 Å². The van der Waals surface area contributed by atoms with Gasteiger partial charge in [-0.1, -0.05) is 0 Å². The van der Waals surface area contributed by atoms with Crippen LogP contribution in [0.15, 0.2) is 12.4 Å². The molecule has 0 saturated heterocycles. The Morgan fingerprint density at radius 3 is 3.07 bits per heavy atom. The minimum atomic E-state index is 0.167. The van der Waals surface area contributed by atoms with Crippen LogP contribution < -0.4 is 11.1 Å². The Kier molecular flexibility index (Phi) is 2.51. The van der Waals surface area contributed by atoms with E-state index in [0.29, 0.717) is 6.54 Å². The number of fused-ring (bicyclic) bond motifs is 1. The molecular formula is C9H14N6. The zero-order chi connectivity index (χ0) is 10.8. The highest BCUT2D eigenvalue weighted by molar-refractivity contribution is 5.62. The topological polar surface area (TPSA) is 81.1 Å². The third-order valence-corrected chi connectivity index (χ3v) is 2.23. The first-order valence-corrected chi connectivity index (χ1v) is 4.85.